The summed E-state index contributed by atoms with van der Waals surface area (Å²) in [7, 11) is 0. The molecule has 0 radical (unpaired) electrons. The molecule has 0 N–H and O–H groups in total. The van der Waals surface area contributed by atoms with E-state index in [1.165, 1.54) is 41.2 Å². The van der Waals surface area contributed by atoms with Crippen LogP contribution in [0.5, 0.6) is 0 Å². The summed E-state index contributed by atoms with van der Waals surface area (Å²) < 4.78 is 0. The maximum Gasteiger partial charge on any atom is -0.0178 e. The molecule has 0 fully saturated rings. The lowest BCUT2D eigenvalue weighted by Crippen LogP contribution is -2.17. The molecule has 0 heterocycles. The Morgan fingerprint density at radius 3 is 2.35 bits per heavy atom. The Balaban J connectivity index is 0.000000704. The lowest BCUT2D eigenvalue weighted by atomic mass is 9.79. The van der Waals surface area contributed by atoms with Gasteiger partial charge >= 0.3 is 0 Å². The van der Waals surface area contributed by atoms with Gasteiger partial charge in [-0.15, -0.1) is 0 Å². The fraction of sp³-hybridized carbons (Fsp3) is 0.400. The molecule has 0 nitrogen and oxygen atoms in total. The second-order valence-corrected chi connectivity index (χ2v) is 5.85. The standard InChI is InChI=1S/C18H20.C2H6/c1-3-18(2)10-6-9-16-11-14-7-4-5-8-15(14)12-17(16)13-18;1-2/h4-9,11-12H,3,10,13H2,1-2H3;1-2H3. The molecule has 0 amide bonds. The summed E-state index contributed by atoms with van der Waals surface area (Å²) >= 11 is 0. The van der Waals surface area contributed by atoms with Crippen LogP contribution >= 0.6 is 0 Å². The molecule has 1 aliphatic carbocycles. The van der Waals surface area contributed by atoms with E-state index < -0.39 is 0 Å². The minimum atomic E-state index is 0.421. The molecule has 0 heteroatoms. The molecule has 1 unspecified atom stereocenters. The Hall–Kier alpha value is -1.56. The van der Waals surface area contributed by atoms with Crippen LogP contribution in [0.3, 0.4) is 0 Å². The van der Waals surface area contributed by atoms with Crippen LogP contribution in [0.1, 0.15) is 51.7 Å². The Bertz CT molecular complexity index is 606. The Morgan fingerprint density at radius 2 is 1.70 bits per heavy atom. The van der Waals surface area contributed by atoms with Crippen molar-refractivity contribution in [2.75, 3.05) is 0 Å². The first-order chi connectivity index (χ1) is 9.70. The fourth-order valence-electron chi connectivity index (χ4n) is 2.89. The maximum atomic E-state index is 2.40. The van der Waals surface area contributed by atoms with E-state index in [1.54, 1.807) is 0 Å². The summed E-state index contributed by atoms with van der Waals surface area (Å²) in [6.07, 6.45) is 8.28. The number of fused-ring (bicyclic) bond motifs is 2. The minimum absolute atomic E-state index is 0.421. The maximum absolute atomic E-state index is 2.40. The van der Waals surface area contributed by atoms with Gasteiger partial charge in [0.2, 0.25) is 0 Å². The molecular formula is C20H26. The van der Waals surface area contributed by atoms with Gasteiger partial charge in [-0.25, -0.2) is 0 Å². The summed E-state index contributed by atoms with van der Waals surface area (Å²) in [5.41, 5.74) is 3.34. The van der Waals surface area contributed by atoms with Crippen LogP contribution in [-0.4, -0.2) is 0 Å². The van der Waals surface area contributed by atoms with Crippen LogP contribution < -0.4 is 0 Å². The van der Waals surface area contributed by atoms with Crippen molar-refractivity contribution in [1.29, 1.82) is 0 Å². The number of benzene rings is 2. The molecule has 0 aliphatic heterocycles. The predicted molar refractivity (Wildman–Crippen MR) is 91.0 cm³/mol. The second kappa shape index (κ2) is 6.26. The average Bonchev–Trinajstić information content (AvgIpc) is 2.65. The molecule has 106 valence electrons. The van der Waals surface area contributed by atoms with Crippen molar-refractivity contribution < 1.29 is 0 Å². The number of allylic oxidation sites excluding steroid dienone is 1. The molecule has 1 atom stereocenters. The van der Waals surface area contributed by atoms with E-state index in [0.717, 1.165) is 0 Å². The summed E-state index contributed by atoms with van der Waals surface area (Å²) in [6.45, 7) is 8.71. The van der Waals surface area contributed by atoms with E-state index >= 15 is 0 Å². The van der Waals surface area contributed by atoms with Crippen LogP contribution in [-0.2, 0) is 6.42 Å². The molecule has 2 aromatic rings. The first-order valence-corrected chi connectivity index (χ1v) is 7.88. The molecule has 20 heavy (non-hydrogen) atoms. The quantitative estimate of drug-likeness (QED) is 0.573. The van der Waals surface area contributed by atoms with Gasteiger partial charge in [-0.1, -0.05) is 76.6 Å². The highest BCUT2D eigenvalue weighted by Gasteiger charge is 2.24. The smallest absolute Gasteiger partial charge is 0.0178 e. The first-order valence-electron chi connectivity index (χ1n) is 7.88. The molecule has 0 bridgehead atoms. The topological polar surface area (TPSA) is 0 Å². The van der Waals surface area contributed by atoms with E-state index in [2.05, 4.69) is 62.4 Å². The van der Waals surface area contributed by atoms with Crippen LogP contribution in [0.2, 0.25) is 0 Å². The van der Waals surface area contributed by atoms with Crippen LogP contribution in [0, 0.1) is 5.41 Å². The van der Waals surface area contributed by atoms with Crippen LogP contribution in [0.25, 0.3) is 16.8 Å². The summed E-state index contributed by atoms with van der Waals surface area (Å²) in [6, 6.07) is 13.4. The van der Waals surface area contributed by atoms with Crippen molar-refractivity contribution in [3.63, 3.8) is 0 Å². The highest BCUT2D eigenvalue weighted by Crippen LogP contribution is 2.36. The Kier molecular flexibility index (Phi) is 4.65. The number of hydrogen-bond acceptors (Lipinski definition) is 0. The Labute approximate surface area is 123 Å². The molecule has 0 saturated carbocycles. The lowest BCUT2D eigenvalue weighted by molar-refractivity contribution is 0.314. The molecular weight excluding hydrogens is 240 g/mol. The van der Waals surface area contributed by atoms with Gasteiger partial charge in [0.05, 0.1) is 0 Å². The number of rotatable bonds is 1. The second-order valence-electron chi connectivity index (χ2n) is 5.85. The number of hydrogen-bond donors (Lipinski definition) is 0. The van der Waals surface area contributed by atoms with Crippen molar-refractivity contribution in [2.45, 2.75) is 47.0 Å². The average molecular weight is 266 g/mol. The van der Waals surface area contributed by atoms with E-state index in [9.17, 15) is 0 Å². The monoisotopic (exact) mass is 266 g/mol. The Morgan fingerprint density at radius 1 is 1.05 bits per heavy atom. The summed E-state index contributed by atoms with van der Waals surface area (Å²) in [5, 5.41) is 2.71. The molecule has 0 spiro atoms. The SMILES string of the molecule is CC.CCC1(C)CC=Cc2cc3ccccc3cc2C1. The van der Waals surface area contributed by atoms with E-state index in [4.69, 9.17) is 0 Å². The highest BCUT2D eigenvalue weighted by atomic mass is 14.3. The van der Waals surface area contributed by atoms with Crippen LogP contribution in [0.15, 0.2) is 42.5 Å². The van der Waals surface area contributed by atoms with Gasteiger partial charge in [0.1, 0.15) is 0 Å². The zero-order valence-corrected chi connectivity index (χ0v) is 13.2. The molecule has 1 aliphatic rings. The zero-order chi connectivity index (χ0) is 14.6. The van der Waals surface area contributed by atoms with Crippen molar-refractivity contribution in [3.8, 4) is 0 Å². The van der Waals surface area contributed by atoms with Crippen molar-refractivity contribution >= 4 is 16.8 Å². The van der Waals surface area contributed by atoms with Crippen molar-refractivity contribution in [1.82, 2.24) is 0 Å². The van der Waals surface area contributed by atoms with Gasteiger partial charge < -0.3 is 0 Å². The molecule has 3 rings (SSSR count). The van der Waals surface area contributed by atoms with Crippen LogP contribution in [0.4, 0.5) is 0 Å². The fourth-order valence-corrected chi connectivity index (χ4v) is 2.89. The molecule has 0 aromatic heterocycles. The summed E-state index contributed by atoms with van der Waals surface area (Å²) in [5.74, 6) is 0. The largest absolute Gasteiger partial charge is 0.0834 e. The lowest BCUT2D eigenvalue weighted by Gasteiger charge is -2.26. The third kappa shape index (κ3) is 2.95. The van der Waals surface area contributed by atoms with E-state index in [1.807, 2.05) is 13.8 Å². The minimum Gasteiger partial charge on any atom is -0.0834 e. The van der Waals surface area contributed by atoms with Crippen molar-refractivity contribution in [3.05, 3.63) is 53.6 Å². The zero-order valence-electron chi connectivity index (χ0n) is 13.2. The summed E-state index contributed by atoms with van der Waals surface area (Å²) in [4.78, 5) is 0. The van der Waals surface area contributed by atoms with Gasteiger partial charge in [0.25, 0.3) is 0 Å². The molecule has 2 aromatic carbocycles. The third-order valence-corrected chi connectivity index (χ3v) is 4.39. The first kappa shape index (κ1) is 14.8. The van der Waals surface area contributed by atoms with Gasteiger partial charge in [0, 0.05) is 0 Å². The molecule has 0 saturated heterocycles. The predicted octanol–water partition coefficient (Wildman–Crippen LogP) is 6.24. The van der Waals surface area contributed by atoms with Crippen molar-refractivity contribution in [2.24, 2.45) is 5.41 Å². The van der Waals surface area contributed by atoms with Gasteiger partial charge in [-0.3, -0.25) is 0 Å². The van der Waals surface area contributed by atoms with E-state index in [0.29, 0.717) is 5.41 Å². The normalized spacial score (nSPS) is 20.8. The van der Waals surface area contributed by atoms with Gasteiger partial charge in [0.15, 0.2) is 0 Å². The third-order valence-electron chi connectivity index (χ3n) is 4.39. The van der Waals surface area contributed by atoms with E-state index in [-0.39, 0.29) is 0 Å². The van der Waals surface area contributed by atoms with Gasteiger partial charge in [-0.2, -0.15) is 0 Å². The highest BCUT2D eigenvalue weighted by molar-refractivity contribution is 5.86. The van der Waals surface area contributed by atoms with Gasteiger partial charge in [-0.05, 0) is 46.2 Å².